The van der Waals surface area contributed by atoms with E-state index < -0.39 is 29.9 Å². The van der Waals surface area contributed by atoms with Crippen LogP contribution < -0.4 is 5.32 Å². The van der Waals surface area contributed by atoms with Gasteiger partial charge in [-0.3, -0.25) is 9.59 Å². The molecule has 1 fully saturated rings. The van der Waals surface area contributed by atoms with Crippen LogP contribution in [0.1, 0.15) is 40.2 Å². The third-order valence-corrected chi connectivity index (χ3v) is 5.85. The molecule has 2 atom stereocenters. The van der Waals surface area contributed by atoms with Crippen LogP contribution in [0.15, 0.2) is 12.1 Å². The molecule has 1 aromatic rings. The van der Waals surface area contributed by atoms with Crippen molar-refractivity contribution in [2.75, 3.05) is 14.2 Å². The van der Waals surface area contributed by atoms with Crippen molar-refractivity contribution in [1.29, 1.82) is 0 Å². The largest absolute Gasteiger partial charge is 0.477 e. The molecular weight excluding hydrogens is 374 g/mol. The Hall–Kier alpha value is -2.42. The Morgan fingerprint density at radius 2 is 1.93 bits per heavy atom. The number of carbonyl (C=O) groups is 4. The van der Waals surface area contributed by atoms with E-state index >= 15 is 0 Å². The molecule has 1 aliphatic carbocycles. The highest BCUT2D eigenvalue weighted by Gasteiger charge is 2.35. The van der Waals surface area contributed by atoms with Crippen molar-refractivity contribution in [2.45, 2.75) is 38.1 Å². The van der Waals surface area contributed by atoms with Crippen LogP contribution in [-0.2, 0) is 30.3 Å². The zero-order chi connectivity index (χ0) is 20.0. The predicted molar refractivity (Wildman–Crippen MR) is 96.4 cm³/mol. The first kappa shape index (κ1) is 20.9. The quantitative estimate of drug-likeness (QED) is 0.608. The fraction of sp³-hybridized carbons (Fsp3) is 0.556. The summed E-state index contributed by atoms with van der Waals surface area (Å²) in [7, 11) is 2.38. The second kappa shape index (κ2) is 9.50. The van der Waals surface area contributed by atoms with E-state index in [0.29, 0.717) is 6.42 Å². The first-order valence-electron chi connectivity index (χ1n) is 8.62. The summed E-state index contributed by atoms with van der Waals surface area (Å²) < 4.78 is 9.23. The molecule has 148 valence electrons. The molecule has 0 saturated heterocycles. The summed E-state index contributed by atoms with van der Waals surface area (Å²) in [6, 6.07) is 2.11. The maximum atomic E-state index is 12.8. The Kier molecular flexibility index (Phi) is 7.35. The van der Waals surface area contributed by atoms with Gasteiger partial charge in [-0.2, -0.15) is 0 Å². The standard InChI is InChI=1S/C18H23NO7S/c1-25-15(20)9-13(18(24)26-2)19-16(21)12(10-4-3-5-10)8-11-6-7-14(27-11)17(22)23/h6-7,10,12-13H,3-5,8-9H2,1-2H3,(H,19,21)(H,22,23)/t12?,13-/m0/s1. The summed E-state index contributed by atoms with van der Waals surface area (Å²) in [6.45, 7) is 0. The molecule has 1 heterocycles. The van der Waals surface area contributed by atoms with Crippen molar-refractivity contribution in [3.05, 3.63) is 21.9 Å². The van der Waals surface area contributed by atoms with E-state index in [0.717, 1.165) is 35.5 Å². The van der Waals surface area contributed by atoms with Crippen molar-refractivity contribution in [1.82, 2.24) is 5.32 Å². The Labute approximate surface area is 160 Å². The summed E-state index contributed by atoms with van der Waals surface area (Å²) in [5.41, 5.74) is 0. The van der Waals surface area contributed by atoms with Gasteiger partial charge in [-0.15, -0.1) is 11.3 Å². The second-order valence-corrected chi connectivity index (χ2v) is 7.61. The number of hydrogen-bond donors (Lipinski definition) is 2. The molecule has 0 radical (unpaired) electrons. The number of nitrogens with one attached hydrogen (secondary N) is 1. The summed E-state index contributed by atoms with van der Waals surface area (Å²) >= 11 is 1.14. The van der Waals surface area contributed by atoms with E-state index in [-0.39, 0.29) is 23.1 Å². The Bertz CT molecular complexity index is 710. The fourth-order valence-corrected chi connectivity index (χ4v) is 3.90. The fourth-order valence-electron chi connectivity index (χ4n) is 3.00. The highest BCUT2D eigenvalue weighted by Crippen LogP contribution is 2.36. The zero-order valence-electron chi connectivity index (χ0n) is 15.2. The molecule has 0 spiro atoms. The lowest BCUT2D eigenvalue weighted by molar-refractivity contribution is -0.151. The lowest BCUT2D eigenvalue weighted by Crippen LogP contribution is -2.48. The van der Waals surface area contributed by atoms with Crippen molar-refractivity contribution >= 4 is 35.2 Å². The van der Waals surface area contributed by atoms with Crippen molar-refractivity contribution in [2.24, 2.45) is 11.8 Å². The maximum absolute atomic E-state index is 12.8. The van der Waals surface area contributed by atoms with E-state index in [1.54, 1.807) is 6.07 Å². The van der Waals surface area contributed by atoms with E-state index in [9.17, 15) is 19.2 Å². The van der Waals surface area contributed by atoms with Crippen molar-refractivity contribution in [3.8, 4) is 0 Å². The number of carboxylic acid groups (broad SMARTS) is 1. The van der Waals surface area contributed by atoms with E-state index in [1.807, 2.05) is 0 Å². The SMILES string of the molecule is COC(=O)C[C@H](NC(=O)C(Cc1ccc(C(=O)O)s1)C1CCC1)C(=O)OC. The van der Waals surface area contributed by atoms with Gasteiger partial charge in [0, 0.05) is 10.8 Å². The third kappa shape index (κ3) is 5.53. The van der Waals surface area contributed by atoms with Gasteiger partial charge >= 0.3 is 17.9 Å². The highest BCUT2D eigenvalue weighted by atomic mass is 32.1. The number of esters is 2. The number of hydrogen-bond acceptors (Lipinski definition) is 7. The van der Waals surface area contributed by atoms with E-state index in [1.165, 1.54) is 20.3 Å². The van der Waals surface area contributed by atoms with E-state index in [2.05, 4.69) is 14.8 Å². The molecular formula is C18H23NO7S. The van der Waals surface area contributed by atoms with Gasteiger partial charge in [-0.05, 0) is 37.3 Å². The van der Waals surface area contributed by atoms with Crippen LogP contribution in [0.2, 0.25) is 0 Å². The summed E-state index contributed by atoms with van der Waals surface area (Å²) in [4.78, 5) is 48.3. The van der Waals surface area contributed by atoms with E-state index in [4.69, 9.17) is 5.11 Å². The van der Waals surface area contributed by atoms with Gasteiger partial charge in [0.2, 0.25) is 5.91 Å². The molecule has 1 unspecified atom stereocenters. The number of thiophene rings is 1. The van der Waals surface area contributed by atoms with Gasteiger partial charge in [0.15, 0.2) is 0 Å². The number of methoxy groups -OCH3 is 2. The van der Waals surface area contributed by atoms with Crippen LogP contribution in [0.4, 0.5) is 0 Å². The third-order valence-electron chi connectivity index (χ3n) is 4.75. The predicted octanol–water partition coefficient (Wildman–Crippen LogP) is 1.63. The minimum atomic E-state index is -1.12. The summed E-state index contributed by atoms with van der Waals surface area (Å²) in [5, 5.41) is 11.7. The molecule has 0 aromatic carbocycles. The average molecular weight is 397 g/mol. The first-order valence-corrected chi connectivity index (χ1v) is 9.44. The summed E-state index contributed by atoms with van der Waals surface area (Å²) in [6.07, 6.45) is 2.90. The number of ether oxygens (including phenoxy) is 2. The van der Waals surface area contributed by atoms with Gasteiger partial charge in [0.25, 0.3) is 0 Å². The van der Waals surface area contributed by atoms with Crippen molar-refractivity contribution < 1.29 is 33.8 Å². The topological polar surface area (TPSA) is 119 Å². The molecule has 2 rings (SSSR count). The van der Waals surface area contributed by atoms with Gasteiger partial charge in [0.1, 0.15) is 10.9 Å². The molecule has 9 heteroatoms. The van der Waals surface area contributed by atoms with Gasteiger partial charge < -0.3 is 19.9 Å². The van der Waals surface area contributed by atoms with Crippen LogP contribution in [0, 0.1) is 11.8 Å². The summed E-state index contributed by atoms with van der Waals surface area (Å²) in [5.74, 6) is -2.93. The first-order chi connectivity index (χ1) is 12.8. The van der Waals surface area contributed by atoms with Crippen LogP contribution in [0.3, 0.4) is 0 Å². The highest BCUT2D eigenvalue weighted by molar-refractivity contribution is 7.13. The van der Waals surface area contributed by atoms with Crippen LogP contribution in [-0.4, -0.2) is 49.2 Å². The van der Waals surface area contributed by atoms with Crippen LogP contribution >= 0.6 is 11.3 Å². The zero-order valence-corrected chi connectivity index (χ0v) is 16.0. The van der Waals surface area contributed by atoms with Crippen molar-refractivity contribution in [3.63, 3.8) is 0 Å². The van der Waals surface area contributed by atoms with Gasteiger partial charge in [-0.1, -0.05) is 6.42 Å². The number of amides is 1. The molecule has 0 bridgehead atoms. The van der Waals surface area contributed by atoms with Gasteiger partial charge in [0.05, 0.1) is 20.6 Å². The Morgan fingerprint density at radius 1 is 1.22 bits per heavy atom. The second-order valence-electron chi connectivity index (χ2n) is 6.44. The lowest BCUT2D eigenvalue weighted by Gasteiger charge is -2.33. The maximum Gasteiger partial charge on any atom is 0.345 e. The molecule has 1 amide bonds. The molecule has 27 heavy (non-hydrogen) atoms. The average Bonchev–Trinajstić information content (AvgIpc) is 3.07. The van der Waals surface area contributed by atoms with Gasteiger partial charge in [-0.25, -0.2) is 9.59 Å². The molecule has 1 aliphatic rings. The number of rotatable bonds is 9. The Morgan fingerprint density at radius 3 is 2.41 bits per heavy atom. The van der Waals surface area contributed by atoms with Crippen LogP contribution in [0.5, 0.6) is 0 Å². The molecule has 8 nitrogen and oxygen atoms in total. The Balaban J connectivity index is 2.11. The molecule has 2 N–H and O–H groups in total. The number of carboxylic acids is 1. The molecule has 0 aliphatic heterocycles. The van der Waals surface area contributed by atoms with Crippen LogP contribution in [0.25, 0.3) is 0 Å². The monoisotopic (exact) mass is 397 g/mol. The number of aromatic carboxylic acids is 1. The number of carbonyl (C=O) groups excluding carboxylic acids is 3. The normalized spacial score (nSPS) is 15.9. The minimum Gasteiger partial charge on any atom is -0.477 e. The smallest absolute Gasteiger partial charge is 0.345 e. The minimum absolute atomic E-state index is 0.164. The molecule has 1 saturated carbocycles. The lowest BCUT2D eigenvalue weighted by atomic mass is 9.74. The molecule has 1 aromatic heterocycles.